The molecule has 0 aromatic heterocycles. The molecule has 0 saturated heterocycles. The summed E-state index contributed by atoms with van der Waals surface area (Å²) < 4.78 is -0.673. The van der Waals surface area contributed by atoms with Gasteiger partial charge in [-0.3, -0.25) is 4.79 Å². The molecule has 1 atom stereocenters. The van der Waals surface area contributed by atoms with Gasteiger partial charge < -0.3 is 10.2 Å². The number of carboxylic acids is 2. The van der Waals surface area contributed by atoms with Gasteiger partial charge in [-0.15, -0.1) is 0 Å². The molecule has 0 aliphatic carbocycles. The van der Waals surface area contributed by atoms with E-state index in [4.69, 9.17) is 10.2 Å². The number of unbranched alkanes of at least 4 members (excludes halogenated alkanes) is 1. The molecule has 0 aliphatic rings. The molecule has 2 N–H and O–H groups in total. The number of halogens is 3. The molecule has 0 bridgehead atoms. The van der Waals surface area contributed by atoms with Crippen LogP contribution in [0.5, 0.6) is 0 Å². The van der Waals surface area contributed by atoms with Gasteiger partial charge in [0.05, 0.1) is 5.92 Å². The summed E-state index contributed by atoms with van der Waals surface area (Å²) >= 11 is 5.52. The zero-order valence-electron chi connectivity index (χ0n) is 10.1. The van der Waals surface area contributed by atoms with Gasteiger partial charge in [-0.25, -0.2) is 4.79 Å². The van der Waals surface area contributed by atoms with E-state index in [0.717, 1.165) is 25.7 Å². The fourth-order valence-electron chi connectivity index (χ4n) is 0.953. The summed E-state index contributed by atoms with van der Waals surface area (Å²) in [7, 11) is 0. The molecule has 112 valence electrons. The number of carboxylic acid groups (broad SMARTS) is 2. The summed E-state index contributed by atoms with van der Waals surface area (Å²) in [6.45, 7) is 4.00. The fraction of sp³-hybridized carbons (Fsp3) is 0.800. The van der Waals surface area contributed by atoms with E-state index in [-0.39, 0.29) is 22.4 Å². The second-order valence-electron chi connectivity index (χ2n) is 3.39. The fourth-order valence-corrected chi connectivity index (χ4v) is 0.953. The second kappa shape index (κ2) is 13.6. The van der Waals surface area contributed by atoms with Crippen LogP contribution >= 0.6 is 67.8 Å². The van der Waals surface area contributed by atoms with Crippen LogP contribution in [0.3, 0.4) is 0 Å². The molecular formula is C10H17I3NiO4. The summed E-state index contributed by atoms with van der Waals surface area (Å²) in [4.78, 5) is 20.4. The minimum atomic E-state index is -0.797. The molecule has 0 heterocycles. The molecule has 0 aromatic carbocycles. The first-order valence-electron chi connectivity index (χ1n) is 5.19. The zero-order valence-corrected chi connectivity index (χ0v) is 17.5. The van der Waals surface area contributed by atoms with Crippen LogP contribution in [0.15, 0.2) is 0 Å². The average Bonchev–Trinajstić information content (AvgIpc) is 2.18. The van der Waals surface area contributed by atoms with Gasteiger partial charge in [-0.1, -0.05) is 26.7 Å². The van der Waals surface area contributed by atoms with Crippen molar-refractivity contribution in [2.45, 2.75) is 39.0 Å². The largest absolute Gasteiger partial charge is 0.481 e. The van der Waals surface area contributed by atoms with Crippen molar-refractivity contribution in [1.82, 2.24) is 0 Å². The SMILES string of the molecule is CCCCC(CC)C(=O)O.O=C(O)C(I)(I)I.[Ni]. The third kappa shape index (κ3) is 15.7. The van der Waals surface area contributed by atoms with Crippen LogP contribution in [0.25, 0.3) is 0 Å². The summed E-state index contributed by atoms with van der Waals surface area (Å²) in [6, 6.07) is 0. The monoisotopic (exact) mass is 640 g/mol. The van der Waals surface area contributed by atoms with Crippen LogP contribution in [0.2, 0.25) is 0 Å². The van der Waals surface area contributed by atoms with E-state index in [1.807, 2.05) is 74.7 Å². The Bertz CT molecular complexity index is 244. The summed E-state index contributed by atoms with van der Waals surface area (Å²) in [5.41, 5.74) is 0. The Kier molecular flexibility index (Phi) is 18.6. The number of hydrogen-bond donors (Lipinski definition) is 2. The Labute approximate surface area is 159 Å². The van der Waals surface area contributed by atoms with Gasteiger partial charge in [-0.2, -0.15) is 0 Å². The first-order chi connectivity index (χ1) is 7.66. The van der Waals surface area contributed by atoms with Crippen LogP contribution in [0, 0.1) is 5.92 Å². The smallest absolute Gasteiger partial charge is 0.339 e. The maximum absolute atomic E-state index is 10.4. The molecule has 4 nitrogen and oxygen atoms in total. The molecule has 18 heavy (non-hydrogen) atoms. The summed E-state index contributed by atoms with van der Waals surface area (Å²) in [5.74, 6) is -1.55. The maximum atomic E-state index is 10.4. The van der Waals surface area contributed by atoms with Crippen LogP contribution in [0.1, 0.15) is 39.5 Å². The minimum Gasteiger partial charge on any atom is -0.481 e. The Morgan fingerprint density at radius 2 is 1.56 bits per heavy atom. The third-order valence-electron chi connectivity index (χ3n) is 1.99. The average molecular weight is 641 g/mol. The van der Waals surface area contributed by atoms with Crippen molar-refractivity contribution < 1.29 is 36.3 Å². The third-order valence-corrected chi connectivity index (χ3v) is 3.37. The number of aliphatic carboxylic acids is 2. The maximum Gasteiger partial charge on any atom is 0.339 e. The molecule has 0 saturated carbocycles. The Morgan fingerprint density at radius 1 is 1.17 bits per heavy atom. The molecule has 0 radical (unpaired) electrons. The first kappa shape index (κ1) is 24.6. The topological polar surface area (TPSA) is 74.6 Å². The summed E-state index contributed by atoms with van der Waals surface area (Å²) in [6.07, 6.45) is 3.71. The number of carbonyl (C=O) groups is 2. The van der Waals surface area contributed by atoms with Crippen molar-refractivity contribution >= 4 is 79.7 Å². The minimum absolute atomic E-state index is 0. The Balaban J connectivity index is -0.000000251. The van der Waals surface area contributed by atoms with Crippen molar-refractivity contribution in [3.8, 4) is 0 Å². The second-order valence-corrected chi connectivity index (χ2v) is 14.4. The number of hydrogen-bond acceptors (Lipinski definition) is 2. The Hall–Kier alpha value is 1.62. The molecule has 0 aromatic rings. The molecule has 8 heteroatoms. The van der Waals surface area contributed by atoms with Crippen molar-refractivity contribution in [3.05, 3.63) is 0 Å². The molecular weight excluding hydrogens is 624 g/mol. The van der Waals surface area contributed by atoms with Crippen LogP contribution in [-0.4, -0.2) is 21.6 Å². The predicted molar refractivity (Wildman–Crippen MR) is 93.4 cm³/mol. The van der Waals surface area contributed by atoms with E-state index < -0.39 is 11.4 Å². The molecule has 0 rings (SSSR count). The van der Waals surface area contributed by atoms with E-state index >= 15 is 0 Å². The van der Waals surface area contributed by atoms with E-state index in [1.54, 1.807) is 0 Å². The summed E-state index contributed by atoms with van der Waals surface area (Å²) in [5, 5.41) is 16.8. The molecule has 0 spiro atoms. The van der Waals surface area contributed by atoms with E-state index in [0.29, 0.717) is 0 Å². The molecule has 0 amide bonds. The van der Waals surface area contributed by atoms with Gasteiger partial charge in [0.1, 0.15) is 0 Å². The normalized spacial score (nSPS) is 11.6. The van der Waals surface area contributed by atoms with Gasteiger partial charge >= 0.3 is 11.9 Å². The van der Waals surface area contributed by atoms with Gasteiger partial charge in [0.2, 0.25) is -0.565 Å². The van der Waals surface area contributed by atoms with Crippen molar-refractivity contribution in [3.63, 3.8) is 0 Å². The quantitative estimate of drug-likeness (QED) is 0.258. The first-order valence-corrected chi connectivity index (χ1v) is 8.43. The zero-order chi connectivity index (χ0) is 14.1. The molecule has 0 fully saturated rings. The standard InChI is InChI=1S/C8H16O2.C2HI3O2.Ni/c1-3-5-6-7(4-2)8(9)10;3-2(4,5)1(6)7;/h7H,3-6H2,1-2H3,(H,9,10);(H,6,7);. The van der Waals surface area contributed by atoms with Gasteiger partial charge in [0.15, 0.2) is 0 Å². The van der Waals surface area contributed by atoms with E-state index in [9.17, 15) is 9.59 Å². The van der Waals surface area contributed by atoms with Crippen LogP contribution < -0.4 is 0 Å². The van der Waals surface area contributed by atoms with Crippen molar-refractivity contribution in [2.24, 2.45) is 5.92 Å². The van der Waals surface area contributed by atoms with Crippen molar-refractivity contribution in [2.75, 3.05) is 0 Å². The molecule has 1 unspecified atom stereocenters. The van der Waals surface area contributed by atoms with E-state index in [1.165, 1.54) is 0 Å². The molecule has 0 aliphatic heterocycles. The van der Waals surface area contributed by atoms with Gasteiger partial charge in [-0.05, 0) is 80.6 Å². The van der Waals surface area contributed by atoms with Crippen LogP contribution in [0.4, 0.5) is 0 Å². The Morgan fingerprint density at radius 3 is 1.72 bits per heavy atom. The number of alkyl halides is 3. The van der Waals surface area contributed by atoms with Crippen molar-refractivity contribution in [1.29, 1.82) is 0 Å². The van der Waals surface area contributed by atoms with Crippen LogP contribution in [-0.2, 0) is 26.1 Å². The predicted octanol–water partition coefficient (Wildman–Crippen LogP) is 4.31. The number of rotatable bonds is 6. The van der Waals surface area contributed by atoms with Gasteiger partial charge in [0, 0.05) is 16.5 Å². The van der Waals surface area contributed by atoms with Gasteiger partial charge in [0.25, 0.3) is 0 Å². The van der Waals surface area contributed by atoms with E-state index in [2.05, 4.69) is 6.92 Å².